The molecule has 14 nitrogen and oxygen atoms in total. The van der Waals surface area contributed by atoms with E-state index in [1.807, 2.05) is 12.1 Å². The number of aromatic amines is 1. The fraction of sp³-hybridized carbons (Fsp3) is 0.364. The van der Waals surface area contributed by atoms with Crippen molar-refractivity contribution in [2.45, 2.75) is 73.9 Å². The van der Waals surface area contributed by atoms with E-state index in [-0.39, 0.29) is 29.6 Å². The number of likely N-dealkylation sites (tertiary alicyclic amines) is 1. The summed E-state index contributed by atoms with van der Waals surface area (Å²) < 4.78 is 46.7. The number of carbonyl (C=O) groups is 1. The third-order valence-electron chi connectivity index (χ3n) is 11.8. The van der Waals surface area contributed by atoms with Crippen LogP contribution in [0.2, 0.25) is 0 Å². The Morgan fingerprint density at radius 3 is 2.66 bits per heavy atom. The second kappa shape index (κ2) is 16.6. The normalized spacial score (nSPS) is 21.2. The topological polar surface area (TPSA) is 178 Å². The van der Waals surface area contributed by atoms with Crippen molar-refractivity contribution in [1.82, 2.24) is 19.6 Å². The average Bonchev–Trinajstić information content (AvgIpc) is 3.79. The van der Waals surface area contributed by atoms with E-state index in [1.165, 1.54) is 55.1 Å². The van der Waals surface area contributed by atoms with Gasteiger partial charge in [-0.1, -0.05) is 36.4 Å². The Hall–Kier alpha value is -5.61. The first-order valence-corrected chi connectivity index (χ1v) is 21.8. The number of hydrogen-bond acceptors (Lipinski definition) is 11. The van der Waals surface area contributed by atoms with Gasteiger partial charge < -0.3 is 24.5 Å². The minimum absolute atomic E-state index is 0.0301. The van der Waals surface area contributed by atoms with Gasteiger partial charge in [-0.2, -0.15) is 0 Å². The molecule has 59 heavy (non-hydrogen) atoms. The zero-order valence-corrected chi connectivity index (χ0v) is 33.3. The Labute approximate surface area is 342 Å². The molecule has 2 aliphatic heterocycles. The number of nitro groups is 1. The Bertz CT molecular complexity index is 2530. The summed E-state index contributed by atoms with van der Waals surface area (Å²) in [6.07, 6.45) is 12.9. The number of rotatable bonds is 13. The van der Waals surface area contributed by atoms with Crippen LogP contribution in [0.25, 0.3) is 16.6 Å². The zero-order chi connectivity index (χ0) is 40.5. The summed E-state index contributed by atoms with van der Waals surface area (Å²) in [5.74, 6) is 0.253. The number of nitro benzene ring substituents is 1. The largest absolute Gasteiger partial charge is 0.455 e. The number of H-pyrrole nitrogens is 1. The molecule has 3 N–H and O–H groups in total. The molecule has 0 spiro atoms. The molecule has 9 rings (SSSR count). The van der Waals surface area contributed by atoms with Gasteiger partial charge in [0.05, 0.1) is 47.5 Å². The molecule has 4 heterocycles. The van der Waals surface area contributed by atoms with Gasteiger partial charge in [0, 0.05) is 36.3 Å². The molecule has 0 bridgehead atoms. The number of allylic oxidation sites excluding steroid dienone is 1. The van der Waals surface area contributed by atoms with Crippen molar-refractivity contribution >= 4 is 43.9 Å². The van der Waals surface area contributed by atoms with Crippen LogP contribution in [-0.2, 0) is 19.5 Å². The van der Waals surface area contributed by atoms with E-state index in [4.69, 9.17) is 14.2 Å². The average molecular weight is 819 g/mol. The molecule has 2 aliphatic carbocycles. The number of benzene rings is 3. The fourth-order valence-corrected chi connectivity index (χ4v) is 9.70. The molecule has 2 unspecified atom stereocenters. The van der Waals surface area contributed by atoms with E-state index in [2.05, 4.69) is 55.2 Å². The third kappa shape index (κ3) is 8.46. The van der Waals surface area contributed by atoms with E-state index in [1.54, 1.807) is 24.4 Å². The van der Waals surface area contributed by atoms with Crippen molar-refractivity contribution in [2.75, 3.05) is 38.2 Å². The van der Waals surface area contributed by atoms with E-state index in [0.717, 1.165) is 48.4 Å². The second-order valence-electron chi connectivity index (χ2n) is 15.7. The van der Waals surface area contributed by atoms with Gasteiger partial charge in [0.15, 0.2) is 0 Å². The van der Waals surface area contributed by atoms with Crippen molar-refractivity contribution in [1.29, 1.82) is 0 Å². The highest BCUT2D eigenvalue weighted by atomic mass is 32.2. The predicted octanol–water partition coefficient (Wildman–Crippen LogP) is 7.86. The number of anilines is 1. The minimum atomic E-state index is -4.57. The highest BCUT2D eigenvalue weighted by Gasteiger charge is 2.36. The Morgan fingerprint density at radius 2 is 1.88 bits per heavy atom. The number of amides is 1. The van der Waals surface area contributed by atoms with Crippen molar-refractivity contribution in [3.63, 3.8) is 0 Å². The number of nitrogens with zero attached hydrogens (tertiary/aromatic N) is 3. The van der Waals surface area contributed by atoms with Crippen LogP contribution in [0.1, 0.15) is 84.0 Å². The van der Waals surface area contributed by atoms with Crippen LogP contribution >= 0.6 is 0 Å². The van der Waals surface area contributed by atoms with Crippen molar-refractivity contribution in [2.24, 2.45) is 0 Å². The smallest absolute Gasteiger partial charge is 0.293 e. The molecule has 4 aliphatic rings. The number of carbonyl (C=O) groups excluding carboxylic acids is 1. The van der Waals surface area contributed by atoms with Gasteiger partial charge in [-0.05, 0) is 116 Å². The molecule has 15 heteroatoms. The summed E-state index contributed by atoms with van der Waals surface area (Å²) >= 11 is 0. The molecule has 3 fully saturated rings. The zero-order valence-electron chi connectivity index (χ0n) is 32.5. The van der Waals surface area contributed by atoms with E-state index in [0.29, 0.717) is 49.2 Å². The first-order valence-electron chi connectivity index (χ1n) is 20.3. The maximum atomic E-state index is 13.9. The first-order chi connectivity index (χ1) is 28.7. The molecule has 2 saturated heterocycles. The minimum Gasteiger partial charge on any atom is -0.455 e. The highest BCUT2D eigenvalue weighted by Crippen LogP contribution is 2.47. The van der Waals surface area contributed by atoms with Gasteiger partial charge in [-0.25, -0.2) is 18.1 Å². The Kier molecular flexibility index (Phi) is 10.9. The number of ether oxygens (including phenoxy) is 3. The van der Waals surface area contributed by atoms with Gasteiger partial charge in [-0.3, -0.25) is 19.8 Å². The number of fused-ring (bicyclic) bond motifs is 1. The van der Waals surface area contributed by atoms with Gasteiger partial charge in [0.25, 0.3) is 21.6 Å². The number of sulfonamides is 1. The van der Waals surface area contributed by atoms with E-state index >= 15 is 0 Å². The lowest BCUT2D eigenvalue weighted by atomic mass is 9.88. The molecule has 3 atom stereocenters. The summed E-state index contributed by atoms with van der Waals surface area (Å²) in [6, 6.07) is 22.1. The predicted molar refractivity (Wildman–Crippen MR) is 222 cm³/mol. The van der Waals surface area contributed by atoms with E-state index < -0.39 is 31.4 Å². The van der Waals surface area contributed by atoms with Gasteiger partial charge in [0.2, 0.25) is 0 Å². The number of hydrogen-bond donors (Lipinski definition) is 3. The first kappa shape index (κ1) is 38.9. The van der Waals surface area contributed by atoms with E-state index in [9.17, 15) is 23.3 Å². The van der Waals surface area contributed by atoms with Crippen LogP contribution in [0, 0.1) is 10.1 Å². The molecule has 5 aromatic rings. The van der Waals surface area contributed by atoms with Gasteiger partial charge in [0.1, 0.15) is 22.8 Å². The lowest BCUT2D eigenvalue weighted by molar-refractivity contribution is -0.384. The SMILES string of the molecule is O=C(NS(=O)(=O)c1ccc(NC[C@H]2COCCO2)c([N+](=O)[O-])c1)c1ccc(C2=CCC(N3CCCC3c3ccccc3C3CC3)CC2)cc1Oc1cnc2[nH]ccc2c1. The molecule has 2 aromatic heterocycles. The lowest BCUT2D eigenvalue weighted by Gasteiger charge is -2.36. The maximum Gasteiger partial charge on any atom is 0.293 e. The summed E-state index contributed by atoms with van der Waals surface area (Å²) in [5.41, 5.74) is 5.29. The molecular weight excluding hydrogens is 773 g/mol. The summed E-state index contributed by atoms with van der Waals surface area (Å²) in [4.78, 5) is 35.0. The van der Waals surface area contributed by atoms with Crippen LogP contribution < -0.4 is 14.8 Å². The fourth-order valence-electron chi connectivity index (χ4n) is 8.71. The van der Waals surface area contributed by atoms with Crippen LogP contribution in [0.4, 0.5) is 11.4 Å². The number of nitrogens with one attached hydrogen (secondary N) is 3. The van der Waals surface area contributed by atoms with Crippen molar-refractivity contribution < 1.29 is 32.3 Å². The third-order valence-corrected chi connectivity index (χ3v) is 13.2. The quantitative estimate of drug-likeness (QED) is 0.0778. The van der Waals surface area contributed by atoms with Gasteiger partial charge in [-0.15, -0.1) is 0 Å². The summed E-state index contributed by atoms with van der Waals surface area (Å²) in [6.45, 7) is 2.52. The van der Waals surface area contributed by atoms with Crippen LogP contribution in [0.3, 0.4) is 0 Å². The van der Waals surface area contributed by atoms with Gasteiger partial charge >= 0.3 is 0 Å². The molecular formula is C44H46N6O8S. The Balaban J connectivity index is 0.954. The molecule has 1 saturated carbocycles. The Morgan fingerprint density at radius 1 is 1.02 bits per heavy atom. The molecule has 0 radical (unpaired) electrons. The van der Waals surface area contributed by atoms with Crippen LogP contribution in [0.15, 0.2) is 96.2 Å². The monoisotopic (exact) mass is 818 g/mol. The summed E-state index contributed by atoms with van der Waals surface area (Å²) in [7, 11) is -4.57. The van der Waals surface area contributed by atoms with Crippen LogP contribution in [0.5, 0.6) is 11.5 Å². The molecule has 3 aromatic carbocycles. The molecule has 306 valence electrons. The number of aromatic nitrogens is 2. The second-order valence-corrected chi connectivity index (χ2v) is 17.4. The lowest BCUT2D eigenvalue weighted by Crippen LogP contribution is -2.36. The highest BCUT2D eigenvalue weighted by molar-refractivity contribution is 7.90. The van der Waals surface area contributed by atoms with Crippen LogP contribution in [-0.4, -0.2) is 79.2 Å². The standard InChI is InChI=1S/C44H46N6O8S/c51-44(48-59(54,55)35-14-16-39(41(24-35)50(52)53)46-26-34-27-56-20-21-57-34)38-15-11-30(23-42(38)58-33-22-31-17-18-45-43(31)47-25-33)28-9-12-32(13-10-28)49-19-3-6-40(49)37-5-2-1-4-36(37)29-7-8-29/h1-2,4-5,9,11,14-18,22-25,29,32,34,40,46H,3,6-8,10,12-13,19-21,26-27H2,(H,45,47)(H,48,51)/t32?,34-,40?/m0/s1. The maximum absolute atomic E-state index is 13.9. The van der Waals surface area contributed by atoms with Crippen molar-refractivity contribution in [3.05, 3.63) is 124 Å². The molecule has 1 amide bonds. The van der Waals surface area contributed by atoms with Crippen molar-refractivity contribution in [3.8, 4) is 11.5 Å². The summed E-state index contributed by atoms with van der Waals surface area (Å²) in [5, 5.41) is 15.8. The number of pyridine rings is 1.